The zero-order valence-electron chi connectivity index (χ0n) is 7.47. The van der Waals surface area contributed by atoms with E-state index in [0.29, 0.717) is 0 Å². The predicted octanol–water partition coefficient (Wildman–Crippen LogP) is 1.41. The minimum Gasteiger partial charge on any atom is -0.268 e. The number of hydrogen-bond acceptors (Lipinski definition) is 2. The average molecular weight is 157 g/mol. The first-order chi connectivity index (χ1) is 4.95. The molecule has 0 heterocycles. The normalized spacial score (nSPS) is 12.0. The third kappa shape index (κ3) is 7.06. The smallest absolute Gasteiger partial charge is 0.267 e. The number of hydroxylamine groups is 1. The molecule has 0 fully saturated rings. The van der Waals surface area contributed by atoms with E-state index in [2.05, 4.69) is 5.48 Å². The Kier molecular flexibility index (Phi) is 3.82. The van der Waals surface area contributed by atoms with Gasteiger partial charge in [0.15, 0.2) is 0 Å². The molecule has 1 N–H and O–H groups in total. The molecular formula is C8H15NO2. The quantitative estimate of drug-likeness (QED) is 0.486. The lowest BCUT2D eigenvalue weighted by Crippen LogP contribution is -2.32. The molecule has 0 aromatic carbocycles. The second-order valence-electron chi connectivity index (χ2n) is 3.18. The van der Waals surface area contributed by atoms with Crippen molar-refractivity contribution in [1.82, 2.24) is 5.48 Å². The van der Waals surface area contributed by atoms with Gasteiger partial charge < -0.3 is 0 Å². The van der Waals surface area contributed by atoms with Gasteiger partial charge in [0.05, 0.1) is 5.60 Å². The summed E-state index contributed by atoms with van der Waals surface area (Å²) in [5, 5.41) is 0. The highest BCUT2D eigenvalue weighted by atomic mass is 16.7. The van der Waals surface area contributed by atoms with Crippen molar-refractivity contribution in [3.63, 3.8) is 0 Å². The molecule has 64 valence electrons. The Bertz CT molecular complexity index is 156. The molecule has 0 saturated heterocycles. The van der Waals surface area contributed by atoms with Crippen molar-refractivity contribution in [2.24, 2.45) is 0 Å². The molecule has 3 heteroatoms. The molecule has 0 aliphatic carbocycles. The van der Waals surface area contributed by atoms with Crippen LogP contribution in [0.5, 0.6) is 0 Å². The van der Waals surface area contributed by atoms with E-state index in [4.69, 9.17) is 4.84 Å². The zero-order valence-corrected chi connectivity index (χ0v) is 7.47. The van der Waals surface area contributed by atoms with Gasteiger partial charge in [0.25, 0.3) is 5.91 Å². The lowest BCUT2D eigenvalue weighted by atomic mass is 10.2. The van der Waals surface area contributed by atoms with Gasteiger partial charge in [-0.05, 0) is 27.7 Å². The Morgan fingerprint density at radius 1 is 1.45 bits per heavy atom. The Balaban J connectivity index is 3.63. The van der Waals surface area contributed by atoms with Crippen LogP contribution in [-0.2, 0) is 9.63 Å². The third-order valence-corrected chi connectivity index (χ3v) is 0.776. The van der Waals surface area contributed by atoms with Crippen LogP contribution in [0.1, 0.15) is 27.7 Å². The molecule has 1 amide bonds. The van der Waals surface area contributed by atoms with Crippen molar-refractivity contribution < 1.29 is 9.63 Å². The lowest BCUT2D eigenvalue weighted by Gasteiger charge is -2.17. The van der Waals surface area contributed by atoms with Crippen LogP contribution >= 0.6 is 0 Å². The average Bonchev–Trinajstić information content (AvgIpc) is 1.83. The van der Waals surface area contributed by atoms with Crippen molar-refractivity contribution in [3.05, 3.63) is 12.2 Å². The van der Waals surface area contributed by atoms with Crippen LogP contribution in [0.15, 0.2) is 12.2 Å². The second-order valence-corrected chi connectivity index (χ2v) is 3.18. The van der Waals surface area contributed by atoms with Gasteiger partial charge in [-0.1, -0.05) is 6.08 Å². The number of allylic oxidation sites excluding steroid dienone is 1. The Morgan fingerprint density at radius 3 is 2.36 bits per heavy atom. The van der Waals surface area contributed by atoms with E-state index >= 15 is 0 Å². The van der Waals surface area contributed by atoms with E-state index in [-0.39, 0.29) is 11.5 Å². The van der Waals surface area contributed by atoms with Gasteiger partial charge in [0.1, 0.15) is 0 Å². The summed E-state index contributed by atoms with van der Waals surface area (Å²) in [7, 11) is 0. The molecule has 0 aromatic rings. The van der Waals surface area contributed by atoms with E-state index in [1.807, 2.05) is 20.8 Å². The summed E-state index contributed by atoms with van der Waals surface area (Å²) in [6.45, 7) is 7.37. The minimum absolute atomic E-state index is 0.234. The maximum atomic E-state index is 10.8. The minimum atomic E-state index is -0.336. The molecular weight excluding hydrogens is 142 g/mol. The fourth-order valence-electron chi connectivity index (χ4n) is 0.389. The monoisotopic (exact) mass is 157 g/mol. The van der Waals surface area contributed by atoms with Crippen molar-refractivity contribution in [1.29, 1.82) is 0 Å². The first-order valence-electron chi connectivity index (χ1n) is 3.56. The van der Waals surface area contributed by atoms with Crippen LogP contribution in [0, 0.1) is 0 Å². The number of amides is 1. The largest absolute Gasteiger partial charge is 0.268 e. The summed E-state index contributed by atoms with van der Waals surface area (Å²) in [6.07, 6.45) is 3.06. The highest BCUT2D eigenvalue weighted by Gasteiger charge is 2.10. The first-order valence-corrected chi connectivity index (χ1v) is 3.56. The van der Waals surface area contributed by atoms with Gasteiger partial charge >= 0.3 is 0 Å². The molecule has 3 nitrogen and oxygen atoms in total. The molecule has 0 radical (unpaired) electrons. The summed E-state index contributed by atoms with van der Waals surface area (Å²) in [5.74, 6) is -0.234. The molecule has 0 atom stereocenters. The third-order valence-electron chi connectivity index (χ3n) is 0.776. The zero-order chi connectivity index (χ0) is 8.91. The lowest BCUT2D eigenvalue weighted by molar-refractivity contribution is -0.140. The molecule has 0 saturated carbocycles. The fraction of sp³-hybridized carbons (Fsp3) is 0.625. The van der Waals surface area contributed by atoms with Gasteiger partial charge in [-0.25, -0.2) is 5.48 Å². The molecule has 0 aliphatic heterocycles. The van der Waals surface area contributed by atoms with Gasteiger partial charge in [-0.3, -0.25) is 9.63 Å². The van der Waals surface area contributed by atoms with Crippen LogP contribution in [0.4, 0.5) is 0 Å². The predicted molar refractivity (Wildman–Crippen MR) is 43.8 cm³/mol. The van der Waals surface area contributed by atoms with Gasteiger partial charge in [-0.15, -0.1) is 0 Å². The van der Waals surface area contributed by atoms with Gasteiger partial charge in [-0.2, -0.15) is 0 Å². The molecule has 0 bridgehead atoms. The van der Waals surface area contributed by atoms with E-state index in [9.17, 15) is 4.79 Å². The molecule has 0 rings (SSSR count). The summed E-state index contributed by atoms with van der Waals surface area (Å²) in [4.78, 5) is 15.8. The fourth-order valence-corrected chi connectivity index (χ4v) is 0.389. The van der Waals surface area contributed by atoms with Crippen LogP contribution < -0.4 is 5.48 Å². The Hall–Kier alpha value is -0.830. The highest BCUT2D eigenvalue weighted by molar-refractivity contribution is 5.86. The van der Waals surface area contributed by atoms with Crippen molar-refractivity contribution in [2.45, 2.75) is 33.3 Å². The van der Waals surface area contributed by atoms with E-state index in [0.717, 1.165) is 0 Å². The van der Waals surface area contributed by atoms with Crippen molar-refractivity contribution in [3.8, 4) is 0 Å². The summed E-state index contributed by atoms with van der Waals surface area (Å²) in [6, 6.07) is 0. The summed E-state index contributed by atoms with van der Waals surface area (Å²) in [5.41, 5.74) is 1.96. The number of hydrogen-bond donors (Lipinski definition) is 1. The number of nitrogens with one attached hydrogen (secondary N) is 1. The number of rotatable bonds is 2. The van der Waals surface area contributed by atoms with Crippen molar-refractivity contribution >= 4 is 5.91 Å². The highest BCUT2D eigenvalue weighted by Crippen LogP contribution is 2.02. The van der Waals surface area contributed by atoms with Crippen molar-refractivity contribution in [2.75, 3.05) is 0 Å². The molecule has 0 aromatic heterocycles. The van der Waals surface area contributed by atoms with Gasteiger partial charge in [0.2, 0.25) is 0 Å². The maximum Gasteiger partial charge on any atom is 0.267 e. The van der Waals surface area contributed by atoms with E-state index < -0.39 is 0 Å². The topological polar surface area (TPSA) is 38.3 Å². The standard InChI is InChI=1S/C8H15NO2/c1-5-6-7(10)9-11-8(2,3)4/h5-6H,1-4H3,(H,9,10)/b6-5+. The van der Waals surface area contributed by atoms with E-state index in [1.165, 1.54) is 6.08 Å². The Morgan fingerprint density at radius 2 is 2.00 bits per heavy atom. The summed E-state index contributed by atoms with van der Waals surface area (Å²) < 4.78 is 0. The van der Waals surface area contributed by atoms with E-state index in [1.54, 1.807) is 13.0 Å². The number of carbonyl (C=O) groups is 1. The molecule has 11 heavy (non-hydrogen) atoms. The first kappa shape index (κ1) is 10.2. The molecule has 0 aliphatic rings. The molecule has 0 spiro atoms. The van der Waals surface area contributed by atoms with Crippen LogP contribution in [0.25, 0.3) is 0 Å². The number of carbonyl (C=O) groups excluding carboxylic acids is 1. The Labute approximate surface area is 67.4 Å². The summed E-state index contributed by atoms with van der Waals surface area (Å²) >= 11 is 0. The van der Waals surface area contributed by atoms with Gasteiger partial charge in [0, 0.05) is 6.08 Å². The maximum absolute atomic E-state index is 10.8. The molecule has 0 unspecified atom stereocenters. The van der Waals surface area contributed by atoms with Crippen LogP contribution in [0.3, 0.4) is 0 Å². The van der Waals surface area contributed by atoms with Crippen LogP contribution in [-0.4, -0.2) is 11.5 Å². The van der Waals surface area contributed by atoms with Crippen LogP contribution in [0.2, 0.25) is 0 Å². The second kappa shape index (κ2) is 4.13. The SMILES string of the molecule is C/C=C/C(=O)NOC(C)(C)C.